The van der Waals surface area contributed by atoms with E-state index in [1.807, 2.05) is 33.8 Å². The van der Waals surface area contributed by atoms with Crippen molar-refractivity contribution in [3.8, 4) is 11.3 Å². The molecule has 3 heterocycles. The summed E-state index contributed by atoms with van der Waals surface area (Å²) in [5.74, 6) is 1.16. The van der Waals surface area contributed by atoms with Crippen molar-refractivity contribution in [3.05, 3.63) is 35.4 Å². The highest BCUT2D eigenvalue weighted by molar-refractivity contribution is 6.06. The van der Waals surface area contributed by atoms with Gasteiger partial charge in [0.2, 0.25) is 5.91 Å². The number of nitrogens with one attached hydrogen (secondary N) is 2. The van der Waals surface area contributed by atoms with Crippen molar-refractivity contribution in [3.63, 3.8) is 0 Å². The van der Waals surface area contributed by atoms with Crippen LogP contribution in [-0.2, 0) is 4.79 Å². The first-order valence-corrected chi connectivity index (χ1v) is 9.26. The van der Waals surface area contributed by atoms with Gasteiger partial charge in [-0.25, -0.2) is 9.67 Å². The molecule has 0 fully saturated rings. The van der Waals surface area contributed by atoms with E-state index in [1.54, 1.807) is 16.9 Å². The van der Waals surface area contributed by atoms with E-state index in [0.29, 0.717) is 35.4 Å². The first-order chi connectivity index (χ1) is 13.3. The molecule has 0 saturated carbocycles. The van der Waals surface area contributed by atoms with Crippen LogP contribution in [0.3, 0.4) is 0 Å². The molecule has 0 aliphatic heterocycles. The molecule has 0 radical (unpaired) electrons. The third-order valence-corrected chi connectivity index (χ3v) is 4.40. The van der Waals surface area contributed by atoms with E-state index in [-0.39, 0.29) is 17.9 Å². The summed E-state index contributed by atoms with van der Waals surface area (Å²) in [7, 11) is 0. The number of fused-ring (bicyclic) bond motifs is 1. The molecule has 0 aromatic carbocycles. The van der Waals surface area contributed by atoms with Crippen molar-refractivity contribution in [1.82, 2.24) is 25.4 Å². The summed E-state index contributed by atoms with van der Waals surface area (Å²) in [6.07, 6.45) is 1.67. The fourth-order valence-electron chi connectivity index (χ4n) is 3.12. The molecule has 0 aliphatic carbocycles. The normalized spacial score (nSPS) is 11.2. The molecule has 8 heteroatoms. The monoisotopic (exact) mass is 383 g/mol. The summed E-state index contributed by atoms with van der Waals surface area (Å²) in [6.45, 7) is 9.93. The topological polar surface area (TPSA) is 102 Å². The number of nitrogens with zero attached hydrogens (tertiary/aromatic N) is 3. The fraction of sp³-hybridized carbons (Fsp3) is 0.400. The fourth-order valence-corrected chi connectivity index (χ4v) is 3.12. The third kappa shape index (κ3) is 3.90. The SMILES string of the molecule is CC(=O)NCCNC(=O)c1cc(-c2cc(C)oc2C)nc2c1cnn2C(C)C. The molecule has 0 bridgehead atoms. The smallest absolute Gasteiger partial charge is 0.252 e. The molecule has 0 atom stereocenters. The van der Waals surface area contributed by atoms with Crippen molar-refractivity contribution in [2.45, 2.75) is 40.7 Å². The predicted octanol–water partition coefficient (Wildman–Crippen LogP) is 2.75. The quantitative estimate of drug-likeness (QED) is 0.637. The molecule has 0 aliphatic rings. The number of aromatic nitrogens is 3. The molecule has 0 saturated heterocycles. The Labute approximate surface area is 163 Å². The molecule has 3 aromatic heterocycles. The number of carbonyl (C=O) groups excluding carboxylic acids is 2. The van der Waals surface area contributed by atoms with Crippen LogP contribution in [0, 0.1) is 13.8 Å². The molecule has 8 nitrogen and oxygen atoms in total. The van der Waals surface area contributed by atoms with Crippen LogP contribution in [0.25, 0.3) is 22.3 Å². The number of rotatable bonds is 6. The molecule has 2 N–H and O–H groups in total. The number of amides is 2. The summed E-state index contributed by atoms with van der Waals surface area (Å²) in [5.41, 5.74) is 2.66. The minimum Gasteiger partial charge on any atom is -0.466 e. The largest absolute Gasteiger partial charge is 0.466 e. The first kappa shape index (κ1) is 19.6. The van der Waals surface area contributed by atoms with Gasteiger partial charge >= 0.3 is 0 Å². The Bertz CT molecular complexity index is 1030. The Hall–Kier alpha value is -3.16. The lowest BCUT2D eigenvalue weighted by molar-refractivity contribution is -0.118. The van der Waals surface area contributed by atoms with Gasteiger partial charge in [-0.1, -0.05) is 0 Å². The van der Waals surface area contributed by atoms with Crippen LogP contribution in [0.4, 0.5) is 0 Å². The zero-order valence-corrected chi connectivity index (χ0v) is 16.8. The van der Waals surface area contributed by atoms with Gasteiger partial charge in [0, 0.05) is 31.6 Å². The van der Waals surface area contributed by atoms with Gasteiger partial charge in [0.1, 0.15) is 11.5 Å². The van der Waals surface area contributed by atoms with E-state index < -0.39 is 0 Å². The summed E-state index contributed by atoms with van der Waals surface area (Å²) in [4.78, 5) is 28.6. The van der Waals surface area contributed by atoms with Crippen LogP contribution in [0.5, 0.6) is 0 Å². The van der Waals surface area contributed by atoms with Gasteiger partial charge < -0.3 is 15.1 Å². The van der Waals surface area contributed by atoms with Crippen molar-refractivity contribution in [2.24, 2.45) is 0 Å². The number of carbonyl (C=O) groups is 2. The molecular weight excluding hydrogens is 358 g/mol. The van der Waals surface area contributed by atoms with Crippen molar-refractivity contribution in [1.29, 1.82) is 0 Å². The lowest BCUT2D eigenvalue weighted by Crippen LogP contribution is -2.33. The summed E-state index contributed by atoms with van der Waals surface area (Å²) < 4.78 is 7.44. The molecular formula is C20H25N5O3. The molecule has 148 valence electrons. The van der Waals surface area contributed by atoms with Crippen LogP contribution in [0.2, 0.25) is 0 Å². The summed E-state index contributed by atoms with van der Waals surface area (Å²) in [6, 6.07) is 3.78. The number of furan rings is 1. The highest BCUT2D eigenvalue weighted by atomic mass is 16.3. The first-order valence-electron chi connectivity index (χ1n) is 9.26. The van der Waals surface area contributed by atoms with Gasteiger partial charge in [0.25, 0.3) is 5.91 Å². The van der Waals surface area contributed by atoms with Crippen molar-refractivity contribution in [2.75, 3.05) is 13.1 Å². The van der Waals surface area contributed by atoms with Gasteiger partial charge in [0.05, 0.1) is 22.8 Å². The Morgan fingerprint density at radius 2 is 1.89 bits per heavy atom. The Kier molecular flexibility index (Phi) is 5.48. The number of pyridine rings is 1. The highest BCUT2D eigenvalue weighted by Gasteiger charge is 2.20. The number of aryl methyl sites for hydroxylation is 2. The second kappa shape index (κ2) is 7.84. The predicted molar refractivity (Wildman–Crippen MR) is 106 cm³/mol. The van der Waals surface area contributed by atoms with Gasteiger partial charge in [-0.05, 0) is 39.8 Å². The molecule has 3 rings (SSSR count). The zero-order valence-electron chi connectivity index (χ0n) is 16.8. The number of hydrogen-bond acceptors (Lipinski definition) is 5. The summed E-state index contributed by atoms with van der Waals surface area (Å²) in [5, 5.41) is 10.6. The van der Waals surface area contributed by atoms with Crippen molar-refractivity contribution >= 4 is 22.8 Å². The average molecular weight is 383 g/mol. The molecule has 0 unspecified atom stereocenters. The van der Waals surface area contributed by atoms with Crippen LogP contribution in [0.1, 0.15) is 48.7 Å². The van der Waals surface area contributed by atoms with Crippen molar-refractivity contribution < 1.29 is 14.0 Å². The zero-order chi connectivity index (χ0) is 20.4. The Balaban J connectivity index is 2.03. The van der Waals surface area contributed by atoms with Crippen LogP contribution in [0.15, 0.2) is 22.7 Å². The maximum Gasteiger partial charge on any atom is 0.252 e. The molecule has 3 aromatic rings. The Morgan fingerprint density at radius 3 is 2.50 bits per heavy atom. The highest BCUT2D eigenvalue weighted by Crippen LogP contribution is 2.29. The molecule has 0 spiro atoms. The maximum atomic E-state index is 12.8. The standard InChI is InChI=1S/C20H25N5O3/c1-11(2)25-19-17(10-23-25)16(20(27)22-7-6-21-14(5)26)9-18(24-19)15-8-12(3)28-13(15)4/h8-11H,6-7H2,1-5H3,(H,21,26)(H,22,27). The van der Waals surface area contributed by atoms with Crippen LogP contribution >= 0.6 is 0 Å². The minimum atomic E-state index is -0.236. The second-order valence-corrected chi connectivity index (χ2v) is 7.04. The molecule has 2 amide bonds. The van der Waals surface area contributed by atoms with E-state index in [2.05, 4.69) is 15.7 Å². The minimum absolute atomic E-state index is 0.100. The lowest BCUT2D eigenvalue weighted by Gasteiger charge is -2.11. The maximum absolute atomic E-state index is 12.8. The Morgan fingerprint density at radius 1 is 1.18 bits per heavy atom. The van der Waals surface area contributed by atoms with E-state index >= 15 is 0 Å². The van der Waals surface area contributed by atoms with E-state index in [0.717, 1.165) is 17.1 Å². The lowest BCUT2D eigenvalue weighted by atomic mass is 10.1. The van der Waals surface area contributed by atoms with E-state index in [1.165, 1.54) is 6.92 Å². The van der Waals surface area contributed by atoms with E-state index in [9.17, 15) is 9.59 Å². The van der Waals surface area contributed by atoms with Crippen LogP contribution < -0.4 is 10.6 Å². The van der Waals surface area contributed by atoms with Gasteiger partial charge in [-0.2, -0.15) is 5.10 Å². The number of hydrogen-bond donors (Lipinski definition) is 2. The third-order valence-electron chi connectivity index (χ3n) is 4.40. The van der Waals surface area contributed by atoms with E-state index in [4.69, 9.17) is 9.40 Å². The second-order valence-electron chi connectivity index (χ2n) is 7.04. The summed E-state index contributed by atoms with van der Waals surface area (Å²) >= 11 is 0. The van der Waals surface area contributed by atoms with Gasteiger partial charge in [0.15, 0.2) is 5.65 Å². The average Bonchev–Trinajstić information content (AvgIpc) is 3.20. The van der Waals surface area contributed by atoms with Gasteiger partial charge in [-0.3, -0.25) is 9.59 Å². The van der Waals surface area contributed by atoms with Gasteiger partial charge in [-0.15, -0.1) is 0 Å². The molecule has 28 heavy (non-hydrogen) atoms. The van der Waals surface area contributed by atoms with Crippen LogP contribution in [-0.4, -0.2) is 39.7 Å².